The van der Waals surface area contributed by atoms with Crippen LogP contribution in [0.3, 0.4) is 0 Å². The van der Waals surface area contributed by atoms with Crippen molar-refractivity contribution in [2.24, 2.45) is 11.7 Å². The average Bonchev–Trinajstić information content (AvgIpc) is 3.96. The van der Waals surface area contributed by atoms with Gasteiger partial charge < -0.3 is 51.3 Å². The number of rotatable bonds is 17. The lowest BCUT2D eigenvalue weighted by atomic mass is 9.86. The Morgan fingerprint density at radius 3 is 1.90 bits per heavy atom. The fraction of sp³-hybridized carbons (Fsp3) is 0.453. The van der Waals surface area contributed by atoms with Crippen LogP contribution in [0.4, 0.5) is 9.59 Å². The Morgan fingerprint density at radius 1 is 0.708 bits per heavy atom. The summed E-state index contributed by atoms with van der Waals surface area (Å²) >= 11 is 3.66. The zero-order chi connectivity index (χ0) is 51.8. The zero-order valence-electron chi connectivity index (χ0n) is 41.4. The molecule has 0 radical (unpaired) electrons. The van der Waals surface area contributed by atoms with E-state index in [1.807, 2.05) is 72.1 Å². The van der Waals surface area contributed by atoms with E-state index in [4.69, 9.17) is 15.2 Å². The van der Waals surface area contributed by atoms with Gasteiger partial charge in [0, 0.05) is 77.6 Å². The van der Waals surface area contributed by atoms with E-state index in [1.165, 1.54) is 16.2 Å². The number of aromatic nitrogens is 1. The second-order valence-corrected chi connectivity index (χ2v) is 22.0. The number of hydrogen-bond acceptors (Lipinski definition) is 10. The molecule has 2 saturated heterocycles. The summed E-state index contributed by atoms with van der Waals surface area (Å²) < 4.78 is 12.8. The highest BCUT2D eigenvalue weighted by Crippen LogP contribution is 2.29. The molecular weight excluding hydrogens is 1050 g/mol. The Balaban J connectivity index is 1.15. The van der Waals surface area contributed by atoms with Crippen LogP contribution in [0.25, 0.3) is 21.0 Å². The summed E-state index contributed by atoms with van der Waals surface area (Å²) in [7, 11) is 0. The molecule has 3 atom stereocenters. The van der Waals surface area contributed by atoms with E-state index in [0.29, 0.717) is 35.9 Å². The van der Waals surface area contributed by atoms with Crippen LogP contribution in [0.2, 0.25) is 0 Å². The third-order valence-corrected chi connectivity index (χ3v) is 16.0. The predicted octanol–water partition coefficient (Wildman–Crippen LogP) is 6.30. The van der Waals surface area contributed by atoms with Crippen LogP contribution in [0.1, 0.15) is 77.0 Å². The first-order chi connectivity index (χ1) is 34.2. The van der Waals surface area contributed by atoms with Crippen molar-refractivity contribution in [1.82, 2.24) is 36.1 Å². The fourth-order valence-electron chi connectivity index (χ4n) is 9.05. The number of carbonyl (C=O) groups is 7. The Kier molecular flexibility index (Phi) is 17.2. The molecule has 2 aliphatic heterocycles. The van der Waals surface area contributed by atoms with Crippen LogP contribution >= 0.6 is 33.9 Å². The molecule has 17 nitrogen and oxygen atoms in total. The summed E-state index contributed by atoms with van der Waals surface area (Å²) in [5.41, 5.74) is 6.17. The van der Waals surface area contributed by atoms with E-state index in [1.54, 1.807) is 57.8 Å². The Bertz CT molecular complexity index is 2760. The van der Waals surface area contributed by atoms with Crippen LogP contribution in [0.5, 0.6) is 0 Å². The highest BCUT2D eigenvalue weighted by molar-refractivity contribution is 14.1. The molecule has 7 rings (SSSR count). The fourth-order valence-corrected chi connectivity index (χ4v) is 10.2. The van der Waals surface area contributed by atoms with Gasteiger partial charge in [0.2, 0.25) is 29.5 Å². The number of nitrogens with zero attached hydrogens (tertiary/aromatic N) is 2. The van der Waals surface area contributed by atoms with Gasteiger partial charge in [0.25, 0.3) is 0 Å². The maximum atomic E-state index is 15.0. The number of aromatic amines is 1. The largest absolute Gasteiger partial charge is 0.444 e. The van der Waals surface area contributed by atoms with Crippen LogP contribution in [0.15, 0.2) is 90.4 Å². The molecule has 2 aromatic heterocycles. The number of ether oxygens (including phenoxy) is 2. The molecule has 72 heavy (non-hydrogen) atoms. The van der Waals surface area contributed by atoms with Gasteiger partial charge in [-0.2, -0.15) is 0 Å². The van der Waals surface area contributed by atoms with Crippen molar-refractivity contribution in [1.29, 1.82) is 0 Å². The van der Waals surface area contributed by atoms with Crippen molar-refractivity contribution in [3.63, 3.8) is 0 Å². The van der Waals surface area contributed by atoms with Gasteiger partial charge in [-0.05, 0) is 99.9 Å². The monoisotopic (exact) mass is 1120 g/mol. The first-order valence-corrected chi connectivity index (χ1v) is 26.7. The number of para-hydroxylation sites is 1. The van der Waals surface area contributed by atoms with Crippen molar-refractivity contribution >= 4 is 96.6 Å². The van der Waals surface area contributed by atoms with E-state index in [2.05, 4.69) is 48.8 Å². The quantitative estimate of drug-likeness (QED) is 0.0453. The number of benzene rings is 3. The summed E-state index contributed by atoms with van der Waals surface area (Å²) in [4.78, 5) is 104. The van der Waals surface area contributed by atoms with Crippen LogP contribution in [0, 0.1) is 5.92 Å². The maximum Gasteiger partial charge on any atom is 0.410 e. The van der Waals surface area contributed by atoms with Crippen molar-refractivity contribution in [3.05, 3.63) is 107 Å². The van der Waals surface area contributed by atoms with E-state index >= 15 is 0 Å². The summed E-state index contributed by atoms with van der Waals surface area (Å²) in [6.45, 7) is 9.76. The van der Waals surface area contributed by atoms with E-state index in [9.17, 15) is 33.6 Å². The second kappa shape index (κ2) is 23.1. The number of amides is 7. The molecule has 384 valence electrons. The number of nitrogens with one attached hydrogen (secondary N) is 5. The second-order valence-electron chi connectivity index (χ2n) is 20.3. The van der Waals surface area contributed by atoms with Crippen molar-refractivity contribution in [2.45, 2.75) is 114 Å². The van der Waals surface area contributed by atoms with Gasteiger partial charge >= 0.3 is 12.2 Å². The first-order valence-electron chi connectivity index (χ1n) is 24.3. The summed E-state index contributed by atoms with van der Waals surface area (Å²) in [5.74, 6) is -3.63. The Labute approximate surface area is 437 Å². The number of hydrogen-bond donors (Lipinski definition) is 6. The average molecular weight is 1120 g/mol. The topological polar surface area (TPSA) is 234 Å². The molecule has 2 fully saturated rings. The number of carbonyl (C=O) groups excluding carboxylic acids is 7. The molecule has 0 bridgehead atoms. The molecule has 0 spiro atoms. The molecule has 0 aliphatic carbocycles. The first kappa shape index (κ1) is 53.6. The molecule has 7 N–H and O–H groups in total. The number of piperidine rings is 2. The number of nitrogens with two attached hydrogens (primary N) is 1. The molecule has 3 aromatic carbocycles. The Hall–Kier alpha value is -6.22. The van der Waals surface area contributed by atoms with Crippen LogP contribution in [-0.4, -0.2) is 122 Å². The standard InChI is InChI=1S/C53H65IN8O9S/c1-51(2,3)70-49(68)61-23-19-34(20-24-61)44(63)57-42(29-36-31-72-43-18-12-10-16-38(36)43)46(65)59-41(28-35-30-56-39-17-11-9-15-37(35)39)45(64)58-40(27-33-13-7-6-8-14-33)47(66)60-53(48(55)67)21-25-62(26-22-53)50(69)71-52(4,5)32-54/h6-18,30-31,34,40-42,56H,19-29,32H2,1-5H3,(H2,55,67)(H,57,63)(H,58,64)(H,59,65)(H,60,66). The van der Waals surface area contributed by atoms with Crippen LogP contribution in [-0.2, 0) is 52.7 Å². The van der Waals surface area contributed by atoms with Crippen molar-refractivity contribution in [2.75, 3.05) is 30.6 Å². The van der Waals surface area contributed by atoms with Crippen LogP contribution < -0.4 is 27.0 Å². The van der Waals surface area contributed by atoms with Gasteiger partial charge in [-0.1, -0.05) is 89.3 Å². The van der Waals surface area contributed by atoms with Gasteiger partial charge in [-0.3, -0.25) is 24.0 Å². The molecule has 7 amide bonds. The number of primary amides is 1. The highest BCUT2D eigenvalue weighted by Gasteiger charge is 2.45. The summed E-state index contributed by atoms with van der Waals surface area (Å²) in [5, 5.41) is 15.5. The SMILES string of the molecule is CC(C)(C)OC(=O)N1CCC(C(=O)NC(Cc2csc3ccccc23)C(=O)NC(Cc2c[nH]c3ccccc23)C(=O)NC(Cc2ccccc2)C(=O)NC2(C(N)=O)CCN(C(=O)OC(C)(C)CI)CC2)CC1. The summed E-state index contributed by atoms with van der Waals surface area (Å²) in [6.07, 6.45) is 1.64. The van der Waals surface area contributed by atoms with Gasteiger partial charge in [0.15, 0.2) is 0 Å². The van der Waals surface area contributed by atoms with E-state index in [-0.39, 0.29) is 51.1 Å². The predicted molar refractivity (Wildman–Crippen MR) is 284 cm³/mol. The maximum absolute atomic E-state index is 15.0. The number of alkyl halides is 1. The Morgan fingerprint density at radius 2 is 1.26 bits per heavy atom. The number of likely N-dealkylation sites (tertiary alicyclic amines) is 2. The normalized spacial score (nSPS) is 16.5. The van der Waals surface area contributed by atoms with Gasteiger partial charge in [0.1, 0.15) is 34.9 Å². The van der Waals surface area contributed by atoms with E-state index in [0.717, 1.165) is 32.1 Å². The minimum absolute atomic E-state index is 0.00203. The lowest BCUT2D eigenvalue weighted by Crippen LogP contribution is -2.66. The van der Waals surface area contributed by atoms with Gasteiger partial charge in [-0.15, -0.1) is 11.3 Å². The molecule has 0 saturated carbocycles. The van der Waals surface area contributed by atoms with Crippen molar-refractivity contribution < 1.29 is 43.0 Å². The molecule has 4 heterocycles. The third kappa shape index (κ3) is 13.6. The highest BCUT2D eigenvalue weighted by atomic mass is 127. The molecule has 2 aliphatic rings. The zero-order valence-corrected chi connectivity index (χ0v) is 44.4. The lowest BCUT2D eigenvalue weighted by Gasteiger charge is -2.41. The molecule has 19 heteroatoms. The van der Waals surface area contributed by atoms with Gasteiger partial charge in [-0.25, -0.2) is 9.59 Å². The van der Waals surface area contributed by atoms with E-state index < -0.39 is 76.6 Å². The number of thiophene rings is 1. The molecular formula is C53H65IN8O9S. The minimum atomic E-state index is -1.55. The third-order valence-electron chi connectivity index (χ3n) is 13.2. The molecule has 3 unspecified atom stereocenters. The smallest absolute Gasteiger partial charge is 0.410 e. The summed E-state index contributed by atoms with van der Waals surface area (Å²) in [6, 6.07) is 20.7. The number of halogens is 1. The number of H-pyrrole nitrogens is 1. The number of fused-ring (bicyclic) bond motifs is 2. The van der Waals surface area contributed by atoms with Gasteiger partial charge in [0.05, 0.1) is 0 Å². The molecule has 5 aromatic rings. The van der Waals surface area contributed by atoms with Crippen molar-refractivity contribution in [3.8, 4) is 0 Å². The minimum Gasteiger partial charge on any atom is -0.444 e. The lowest BCUT2D eigenvalue weighted by molar-refractivity contribution is -0.137.